The average Bonchev–Trinajstić information content (AvgIpc) is 2.91. The molecule has 0 N–H and O–H groups in total. The summed E-state index contributed by atoms with van der Waals surface area (Å²) in [4.78, 5) is 11.4. The summed E-state index contributed by atoms with van der Waals surface area (Å²) in [5.74, 6) is 1.84. The van der Waals surface area contributed by atoms with Gasteiger partial charge in [-0.05, 0) is 84.9 Å². The third-order valence-electron chi connectivity index (χ3n) is 8.75. The number of carbonyl (C=O) groups excluding carboxylic acids is 1. The lowest BCUT2D eigenvalue weighted by molar-refractivity contribution is -0.119. The van der Waals surface area contributed by atoms with Gasteiger partial charge in [-0.25, -0.2) is 8.42 Å². The maximum atomic E-state index is 14.1. The minimum absolute atomic E-state index is 0.0500. The molecule has 2 aliphatic rings. The van der Waals surface area contributed by atoms with Gasteiger partial charge < -0.3 is 19.0 Å². The van der Waals surface area contributed by atoms with Gasteiger partial charge in [-0.15, -0.1) is 0 Å². The maximum Gasteiger partial charge on any atom is 0.217 e. The van der Waals surface area contributed by atoms with Crippen molar-refractivity contribution in [1.82, 2.24) is 4.31 Å². The van der Waals surface area contributed by atoms with E-state index < -0.39 is 15.3 Å². The molecule has 39 heavy (non-hydrogen) atoms. The predicted molar refractivity (Wildman–Crippen MR) is 152 cm³/mol. The standard InChI is InChI=1S/C31H41NO6S/c1-21(26-16-27(17-26)31(38-5)30-15-10-25(30)20-33)22(2)39(34,35)32(18-23-6-11-28(36-3)12-7-23)19-24-8-13-29(37-4)14-9-24/h6-9,11-14,16,20-22,25-26,30-31H,10,15,17-19H2,1-5H3/t21-,22-,25+,26-,30-,31+/m1/s1. The third kappa shape index (κ3) is 6.39. The van der Waals surface area contributed by atoms with E-state index in [2.05, 4.69) is 6.08 Å². The largest absolute Gasteiger partial charge is 0.497 e. The van der Waals surface area contributed by atoms with Gasteiger partial charge >= 0.3 is 0 Å². The van der Waals surface area contributed by atoms with Gasteiger partial charge in [-0.1, -0.05) is 37.3 Å². The Morgan fingerprint density at radius 1 is 0.897 bits per heavy atom. The molecule has 8 heteroatoms. The van der Waals surface area contributed by atoms with Crippen molar-refractivity contribution in [3.63, 3.8) is 0 Å². The first-order valence-electron chi connectivity index (χ1n) is 13.6. The van der Waals surface area contributed by atoms with Crippen LogP contribution in [0, 0.1) is 23.7 Å². The third-order valence-corrected chi connectivity index (χ3v) is 11.1. The summed E-state index contributed by atoms with van der Waals surface area (Å²) in [5.41, 5.74) is 2.99. The van der Waals surface area contributed by atoms with Gasteiger partial charge in [-0.3, -0.25) is 0 Å². The first kappa shape index (κ1) is 29.3. The maximum absolute atomic E-state index is 14.1. The number of rotatable bonds is 14. The molecule has 0 amide bonds. The smallest absolute Gasteiger partial charge is 0.217 e. The van der Waals surface area contributed by atoms with Crippen LogP contribution in [0.4, 0.5) is 0 Å². The minimum Gasteiger partial charge on any atom is -0.497 e. The van der Waals surface area contributed by atoms with Crippen LogP contribution < -0.4 is 9.47 Å². The Hall–Kier alpha value is -2.68. The Morgan fingerprint density at radius 3 is 1.79 bits per heavy atom. The van der Waals surface area contributed by atoms with Gasteiger partial charge in [0.05, 0.1) is 25.6 Å². The number of allylic oxidation sites excluding steroid dienone is 1. The van der Waals surface area contributed by atoms with Crippen LogP contribution in [0.3, 0.4) is 0 Å². The fraction of sp³-hybridized carbons (Fsp3) is 0.516. The molecule has 2 aromatic carbocycles. The first-order valence-corrected chi connectivity index (χ1v) is 15.2. The number of methoxy groups -OCH3 is 3. The molecule has 2 aliphatic carbocycles. The van der Waals surface area contributed by atoms with Gasteiger partial charge in [0.15, 0.2) is 0 Å². The highest BCUT2D eigenvalue weighted by Gasteiger charge is 2.43. The van der Waals surface area contributed by atoms with E-state index in [-0.39, 0.29) is 42.9 Å². The molecule has 6 atom stereocenters. The Kier molecular flexibility index (Phi) is 9.51. The molecular weight excluding hydrogens is 514 g/mol. The highest BCUT2D eigenvalue weighted by molar-refractivity contribution is 7.89. The Labute approximate surface area is 233 Å². The number of sulfonamides is 1. The summed E-state index contributed by atoms with van der Waals surface area (Å²) < 4.78 is 46.1. The summed E-state index contributed by atoms with van der Waals surface area (Å²) in [6.45, 7) is 4.38. The van der Waals surface area contributed by atoms with Crippen LogP contribution >= 0.6 is 0 Å². The van der Waals surface area contributed by atoms with Gasteiger partial charge in [-0.2, -0.15) is 4.31 Å². The molecule has 2 aromatic rings. The zero-order valence-corrected chi connectivity index (χ0v) is 24.4. The minimum atomic E-state index is -3.65. The lowest BCUT2D eigenvalue weighted by atomic mass is 9.65. The van der Waals surface area contributed by atoms with Crippen LogP contribution in [0.5, 0.6) is 11.5 Å². The van der Waals surface area contributed by atoms with Crippen molar-refractivity contribution >= 4 is 16.3 Å². The van der Waals surface area contributed by atoms with Crippen molar-refractivity contribution in [2.24, 2.45) is 23.7 Å². The molecule has 0 unspecified atom stereocenters. The number of ether oxygens (including phenoxy) is 3. The van der Waals surface area contributed by atoms with Crippen LogP contribution in [-0.2, 0) is 32.6 Å². The summed E-state index contributed by atoms with van der Waals surface area (Å²) in [7, 11) is 1.27. The van der Waals surface area contributed by atoms with Gasteiger partial charge in [0.25, 0.3) is 0 Å². The zero-order valence-electron chi connectivity index (χ0n) is 23.6. The van der Waals surface area contributed by atoms with Crippen molar-refractivity contribution in [1.29, 1.82) is 0 Å². The monoisotopic (exact) mass is 555 g/mol. The number of hydrogen-bond donors (Lipinski definition) is 0. The summed E-state index contributed by atoms with van der Waals surface area (Å²) in [6.07, 6.45) is 5.91. The number of aldehydes is 1. The normalized spacial score (nSPS) is 23.1. The van der Waals surface area contributed by atoms with E-state index in [9.17, 15) is 13.2 Å². The Balaban J connectivity index is 1.51. The van der Waals surface area contributed by atoms with Crippen molar-refractivity contribution < 1.29 is 27.4 Å². The number of nitrogens with zero attached hydrogens (tertiary/aromatic N) is 1. The second-order valence-electron chi connectivity index (χ2n) is 10.9. The van der Waals surface area contributed by atoms with E-state index in [1.165, 1.54) is 5.57 Å². The van der Waals surface area contributed by atoms with E-state index in [1.54, 1.807) is 25.6 Å². The lowest BCUT2D eigenvalue weighted by Gasteiger charge is -2.44. The molecular formula is C31H41NO6S. The molecule has 0 saturated heterocycles. The summed E-state index contributed by atoms with van der Waals surface area (Å²) in [6, 6.07) is 15.0. The van der Waals surface area contributed by atoms with E-state index in [4.69, 9.17) is 14.2 Å². The lowest BCUT2D eigenvalue weighted by Crippen LogP contribution is -2.44. The van der Waals surface area contributed by atoms with Crippen molar-refractivity contribution in [3.8, 4) is 11.5 Å². The van der Waals surface area contributed by atoms with Crippen LogP contribution in [0.1, 0.15) is 44.2 Å². The van der Waals surface area contributed by atoms with Gasteiger partial charge in [0.1, 0.15) is 17.8 Å². The molecule has 7 nitrogen and oxygen atoms in total. The van der Waals surface area contributed by atoms with Crippen LogP contribution in [0.25, 0.3) is 0 Å². The molecule has 0 radical (unpaired) electrons. The Morgan fingerprint density at radius 2 is 1.41 bits per heavy atom. The molecule has 0 spiro atoms. The second kappa shape index (κ2) is 12.7. The fourth-order valence-electron chi connectivity index (χ4n) is 5.72. The van der Waals surface area contributed by atoms with Crippen LogP contribution in [-0.4, -0.2) is 51.7 Å². The van der Waals surface area contributed by atoms with E-state index in [0.717, 1.165) is 48.2 Å². The van der Waals surface area contributed by atoms with E-state index in [0.29, 0.717) is 0 Å². The van der Waals surface area contributed by atoms with Crippen molar-refractivity contribution in [2.45, 2.75) is 57.6 Å². The van der Waals surface area contributed by atoms with Gasteiger partial charge in [0, 0.05) is 26.1 Å². The average molecular weight is 556 g/mol. The van der Waals surface area contributed by atoms with Gasteiger partial charge in [0.2, 0.25) is 10.0 Å². The van der Waals surface area contributed by atoms with Crippen molar-refractivity contribution in [3.05, 3.63) is 71.3 Å². The summed E-state index contributed by atoms with van der Waals surface area (Å²) >= 11 is 0. The highest BCUT2D eigenvalue weighted by atomic mass is 32.2. The molecule has 0 aliphatic heterocycles. The molecule has 212 valence electrons. The quantitative estimate of drug-likeness (QED) is 0.234. The number of benzene rings is 2. The first-order chi connectivity index (χ1) is 18.7. The molecule has 0 aromatic heterocycles. The zero-order chi connectivity index (χ0) is 28.2. The highest BCUT2D eigenvalue weighted by Crippen LogP contribution is 2.45. The second-order valence-corrected chi connectivity index (χ2v) is 13.2. The summed E-state index contributed by atoms with van der Waals surface area (Å²) in [5, 5.41) is -0.579. The van der Waals surface area contributed by atoms with E-state index >= 15 is 0 Å². The number of carbonyl (C=O) groups is 1. The number of hydrogen-bond acceptors (Lipinski definition) is 6. The SMILES string of the molecule is COc1ccc(CN(Cc2ccc(OC)cc2)S(=O)(=O)[C@H](C)[C@@H](C)[C@@H]2C=C([C@H](OC)[C@@H]3CC[C@H]3C=O)C2)cc1. The Bertz CT molecular complexity index is 1190. The molecule has 1 fully saturated rings. The fourth-order valence-corrected chi connectivity index (χ4v) is 7.59. The van der Waals surface area contributed by atoms with Crippen LogP contribution in [0.15, 0.2) is 60.2 Å². The van der Waals surface area contributed by atoms with Crippen LogP contribution in [0.2, 0.25) is 0 Å². The van der Waals surface area contributed by atoms with E-state index in [1.807, 2.05) is 62.4 Å². The molecule has 1 saturated carbocycles. The predicted octanol–water partition coefficient (Wildman–Crippen LogP) is 5.25. The van der Waals surface area contributed by atoms with Crippen molar-refractivity contribution in [2.75, 3.05) is 21.3 Å². The molecule has 0 bridgehead atoms. The molecule has 0 heterocycles. The topological polar surface area (TPSA) is 82.1 Å². The molecule has 4 rings (SSSR count).